The van der Waals surface area contributed by atoms with E-state index in [4.69, 9.17) is 9.84 Å². The van der Waals surface area contributed by atoms with Gasteiger partial charge in [0.2, 0.25) is 0 Å². The number of aliphatic hydroxyl groups excluding tert-OH is 2. The lowest BCUT2D eigenvalue weighted by Gasteiger charge is -2.14. The first-order chi connectivity index (χ1) is 9.02. The highest BCUT2D eigenvalue weighted by atomic mass is 16.5. The fourth-order valence-electron chi connectivity index (χ4n) is 1.57. The SMILES string of the molecule is Cc1ccc(OCC(O)CO)c(CNCC(C)C)n1. The van der Waals surface area contributed by atoms with Gasteiger partial charge in [-0.15, -0.1) is 0 Å². The summed E-state index contributed by atoms with van der Waals surface area (Å²) >= 11 is 0. The number of nitrogens with zero attached hydrogens (tertiary/aromatic N) is 1. The predicted molar refractivity (Wildman–Crippen MR) is 74.1 cm³/mol. The molecule has 1 aromatic heterocycles. The zero-order valence-corrected chi connectivity index (χ0v) is 11.9. The van der Waals surface area contributed by atoms with Crippen LogP contribution in [0.1, 0.15) is 25.2 Å². The Balaban J connectivity index is 2.63. The molecule has 108 valence electrons. The van der Waals surface area contributed by atoms with E-state index < -0.39 is 6.10 Å². The first-order valence-electron chi connectivity index (χ1n) is 6.62. The third kappa shape index (κ3) is 6.00. The Labute approximate surface area is 114 Å². The van der Waals surface area contributed by atoms with Crippen LogP contribution in [0.25, 0.3) is 0 Å². The third-order valence-electron chi connectivity index (χ3n) is 2.56. The standard InChI is InChI=1S/C14H24N2O3/c1-10(2)6-15-7-13-14(5-4-11(3)16-13)19-9-12(18)8-17/h4-5,10,12,15,17-18H,6-9H2,1-3H3. The van der Waals surface area contributed by atoms with Crippen LogP contribution in [0.15, 0.2) is 12.1 Å². The van der Waals surface area contributed by atoms with Gasteiger partial charge in [-0.1, -0.05) is 13.8 Å². The van der Waals surface area contributed by atoms with E-state index >= 15 is 0 Å². The minimum Gasteiger partial charge on any atom is -0.489 e. The molecule has 1 heterocycles. The predicted octanol–water partition coefficient (Wildman–Crippen LogP) is 0.868. The normalized spacial score (nSPS) is 12.7. The molecule has 0 aliphatic rings. The zero-order valence-electron chi connectivity index (χ0n) is 11.9. The van der Waals surface area contributed by atoms with Crippen molar-refractivity contribution in [2.75, 3.05) is 19.8 Å². The highest BCUT2D eigenvalue weighted by Crippen LogP contribution is 2.17. The quantitative estimate of drug-likeness (QED) is 0.652. The molecule has 5 heteroatoms. The number of nitrogens with one attached hydrogen (secondary N) is 1. The average Bonchev–Trinajstić information content (AvgIpc) is 2.37. The Hall–Kier alpha value is -1.17. The van der Waals surface area contributed by atoms with Crippen molar-refractivity contribution >= 4 is 0 Å². The summed E-state index contributed by atoms with van der Waals surface area (Å²) < 4.78 is 5.49. The molecular weight excluding hydrogens is 244 g/mol. The number of aliphatic hydroxyl groups is 2. The number of hydrogen-bond acceptors (Lipinski definition) is 5. The van der Waals surface area contributed by atoms with Gasteiger partial charge >= 0.3 is 0 Å². The average molecular weight is 268 g/mol. The van der Waals surface area contributed by atoms with Crippen molar-refractivity contribution in [2.24, 2.45) is 5.92 Å². The van der Waals surface area contributed by atoms with E-state index in [0.717, 1.165) is 17.9 Å². The molecule has 3 N–H and O–H groups in total. The van der Waals surface area contributed by atoms with Crippen molar-refractivity contribution in [3.8, 4) is 5.75 Å². The smallest absolute Gasteiger partial charge is 0.142 e. The molecule has 0 aromatic carbocycles. The number of aryl methyl sites for hydroxylation is 1. The molecule has 0 amide bonds. The van der Waals surface area contributed by atoms with Crippen molar-refractivity contribution in [1.29, 1.82) is 0 Å². The highest BCUT2D eigenvalue weighted by molar-refractivity contribution is 5.29. The maximum Gasteiger partial charge on any atom is 0.142 e. The van der Waals surface area contributed by atoms with E-state index in [1.165, 1.54) is 0 Å². The fraction of sp³-hybridized carbons (Fsp3) is 0.643. The van der Waals surface area contributed by atoms with E-state index in [9.17, 15) is 5.11 Å². The van der Waals surface area contributed by atoms with E-state index in [-0.39, 0.29) is 13.2 Å². The summed E-state index contributed by atoms with van der Waals surface area (Å²) in [5.41, 5.74) is 1.75. The highest BCUT2D eigenvalue weighted by Gasteiger charge is 2.09. The summed E-state index contributed by atoms with van der Waals surface area (Å²) in [6.07, 6.45) is -0.863. The lowest BCUT2D eigenvalue weighted by molar-refractivity contribution is 0.0531. The van der Waals surface area contributed by atoms with Crippen LogP contribution in [-0.4, -0.2) is 41.1 Å². The number of rotatable bonds is 8. The van der Waals surface area contributed by atoms with Crippen molar-refractivity contribution in [1.82, 2.24) is 10.3 Å². The first kappa shape index (κ1) is 15.9. The molecule has 0 bridgehead atoms. The molecule has 19 heavy (non-hydrogen) atoms. The van der Waals surface area contributed by atoms with E-state index in [2.05, 4.69) is 24.1 Å². The maximum absolute atomic E-state index is 9.30. The third-order valence-corrected chi connectivity index (χ3v) is 2.56. The summed E-state index contributed by atoms with van der Waals surface area (Å²) in [5, 5.41) is 21.4. The topological polar surface area (TPSA) is 74.6 Å². The molecule has 1 rings (SSSR count). The summed E-state index contributed by atoms with van der Waals surface area (Å²) in [5.74, 6) is 1.22. The lowest BCUT2D eigenvalue weighted by atomic mass is 10.2. The van der Waals surface area contributed by atoms with Gasteiger partial charge in [-0.05, 0) is 31.5 Å². The summed E-state index contributed by atoms with van der Waals surface area (Å²) in [6.45, 7) is 7.52. The van der Waals surface area contributed by atoms with Crippen LogP contribution in [-0.2, 0) is 6.54 Å². The van der Waals surface area contributed by atoms with Crippen LogP contribution in [0.4, 0.5) is 0 Å². The van der Waals surface area contributed by atoms with Gasteiger partial charge in [-0.2, -0.15) is 0 Å². The minimum absolute atomic E-state index is 0.0679. The molecule has 0 aliphatic carbocycles. The Bertz CT molecular complexity index is 383. The van der Waals surface area contributed by atoms with Crippen LogP contribution in [0.2, 0.25) is 0 Å². The Morgan fingerprint density at radius 2 is 2.11 bits per heavy atom. The van der Waals surface area contributed by atoms with Crippen molar-refractivity contribution in [3.05, 3.63) is 23.5 Å². The Kier molecular flexibility index (Phi) is 6.77. The van der Waals surface area contributed by atoms with Gasteiger partial charge in [0.25, 0.3) is 0 Å². The molecule has 0 radical (unpaired) electrons. The fourth-order valence-corrected chi connectivity index (χ4v) is 1.57. The Morgan fingerprint density at radius 1 is 1.37 bits per heavy atom. The molecule has 0 aliphatic heterocycles. The largest absolute Gasteiger partial charge is 0.489 e. The van der Waals surface area contributed by atoms with Crippen molar-refractivity contribution < 1.29 is 14.9 Å². The van der Waals surface area contributed by atoms with Gasteiger partial charge in [0.05, 0.1) is 12.3 Å². The second kappa shape index (κ2) is 8.09. The molecule has 0 spiro atoms. The number of pyridine rings is 1. The number of hydrogen-bond donors (Lipinski definition) is 3. The van der Waals surface area contributed by atoms with Crippen LogP contribution in [0.5, 0.6) is 5.75 Å². The molecular formula is C14H24N2O3. The van der Waals surface area contributed by atoms with E-state index in [1.807, 2.05) is 19.1 Å². The van der Waals surface area contributed by atoms with E-state index in [1.54, 1.807) is 0 Å². The monoisotopic (exact) mass is 268 g/mol. The van der Waals surface area contributed by atoms with Gasteiger partial charge in [0, 0.05) is 12.2 Å². The molecule has 0 fully saturated rings. The van der Waals surface area contributed by atoms with Crippen LogP contribution >= 0.6 is 0 Å². The van der Waals surface area contributed by atoms with Crippen LogP contribution in [0, 0.1) is 12.8 Å². The zero-order chi connectivity index (χ0) is 14.3. The van der Waals surface area contributed by atoms with Crippen molar-refractivity contribution in [2.45, 2.75) is 33.4 Å². The second-order valence-electron chi connectivity index (χ2n) is 5.07. The van der Waals surface area contributed by atoms with Crippen molar-refractivity contribution in [3.63, 3.8) is 0 Å². The van der Waals surface area contributed by atoms with E-state index in [0.29, 0.717) is 18.2 Å². The van der Waals surface area contributed by atoms with Crippen LogP contribution in [0.3, 0.4) is 0 Å². The van der Waals surface area contributed by atoms with Crippen LogP contribution < -0.4 is 10.1 Å². The molecule has 5 nitrogen and oxygen atoms in total. The summed E-state index contributed by atoms with van der Waals surface area (Å²) in [4.78, 5) is 4.44. The second-order valence-corrected chi connectivity index (χ2v) is 5.07. The summed E-state index contributed by atoms with van der Waals surface area (Å²) in [7, 11) is 0. The van der Waals surface area contributed by atoms with Gasteiger partial charge in [0.15, 0.2) is 0 Å². The number of aromatic nitrogens is 1. The summed E-state index contributed by atoms with van der Waals surface area (Å²) in [6, 6.07) is 3.71. The molecule has 0 saturated heterocycles. The van der Waals surface area contributed by atoms with Gasteiger partial charge in [0.1, 0.15) is 18.5 Å². The first-order valence-corrected chi connectivity index (χ1v) is 6.62. The maximum atomic E-state index is 9.30. The molecule has 1 aromatic rings. The Morgan fingerprint density at radius 3 is 2.74 bits per heavy atom. The van der Waals surface area contributed by atoms with Gasteiger partial charge in [-0.3, -0.25) is 4.98 Å². The van der Waals surface area contributed by atoms with Gasteiger partial charge in [-0.25, -0.2) is 0 Å². The molecule has 1 atom stereocenters. The minimum atomic E-state index is -0.863. The number of ether oxygens (including phenoxy) is 1. The van der Waals surface area contributed by atoms with Gasteiger partial charge < -0.3 is 20.3 Å². The molecule has 0 saturated carbocycles. The molecule has 1 unspecified atom stereocenters. The lowest BCUT2D eigenvalue weighted by Crippen LogP contribution is -2.23.